The number of rotatable bonds is 10. The Labute approximate surface area is 208 Å². The number of hydrogen-bond donors (Lipinski definition) is 2. The van der Waals surface area contributed by atoms with E-state index in [9.17, 15) is 9.59 Å². The Balaban J connectivity index is 1.33. The van der Waals surface area contributed by atoms with Crippen LogP contribution in [0.3, 0.4) is 0 Å². The van der Waals surface area contributed by atoms with Gasteiger partial charge in [0.1, 0.15) is 29.6 Å². The van der Waals surface area contributed by atoms with Gasteiger partial charge in [-0.15, -0.1) is 0 Å². The molecule has 0 unspecified atom stereocenters. The smallest absolute Gasteiger partial charge is 0.291 e. The van der Waals surface area contributed by atoms with Crippen LogP contribution in [0.2, 0.25) is 0 Å². The van der Waals surface area contributed by atoms with Crippen LogP contribution in [-0.2, 0) is 22.7 Å². The Bertz CT molecular complexity index is 1310. The third kappa shape index (κ3) is 6.19. The van der Waals surface area contributed by atoms with E-state index < -0.39 is 6.10 Å². The van der Waals surface area contributed by atoms with Crippen molar-refractivity contribution in [2.45, 2.75) is 33.1 Å². The molecule has 4 aromatic rings. The maximum absolute atomic E-state index is 12.4. The fraction of sp³-hybridized carbons (Fsp3) is 0.222. The van der Waals surface area contributed by atoms with Crippen molar-refractivity contribution in [3.8, 4) is 17.2 Å². The van der Waals surface area contributed by atoms with E-state index in [4.69, 9.17) is 18.3 Å². The van der Waals surface area contributed by atoms with Gasteiger partial charge in [-0.05, 0) is 62.4 Å². The van der Waals surface area contributed by atoms with Gasteiger partial charge in [-0.25, -0.2) is 4.98 Å². The van der Waals surface area contributed by atoms with E-state index in [1.807, 2.05) is 18.2 Å². The molecular weight excluding hydrogens is 462 g/mol. The first-order valence-corrected chi connectivity index (χ1v) is 11.4. The zero-order valence-corrected chi connectivity index (χ0v) is 20.2. The van der Waals surface area contributed by atoms with Gasteiger partial charge in [0.15, 0.2) is 11.9 Å². The predicted molar refractivity (Wildman–Crippen MR) is 132 cm³/mol. The number of furan rings is 1. The Hall–Kier alpha value is -4.37. The summed E-state index contributed by atoms with van der Waals surface area (Å²) >= 11 is 0. The molecule has 1 atom stereocenters. The summed E-state index contributed by atoms with van der Waals surface area (Å²) in [5.41, 5.74) is 1.94. The second kappa shape index (κ2) is 11.4. The average Bonchev–Trinajstić information content (AvgIpc) is 3.50. The Morgan fingerprint density at radius 1 is 1.00 bits per heavy atom. The summed E-state index contributed by atoms with van der Waals surface area (Å²) in [7, 11) is 1.56. The molecule has 2 aromatic heterocycles. The highest BCUT2D eigenvalue weighted by Gasteiger charge is 2.17. The molecule has 0 bridgehead atoms. The lowest BCUT2D eigenvalue weighted by molar-refractivity contribution is -0.127. The number of carbonyl (C=O) groups is 2. The third-order valence-electron chi connectivity index (χ3n) is 5.31. The molecule has 2 heterocycles. The van der Waals surface area contributed by atoms with Crippen LogP contribution in [-0.4, -0.2) is 30.0 Å². The normalized spacial score (nSPS) is 11.6. The summed E-state index contributed by atoms with van der Waals surface area (Å²) in [5.74, 6) is 1.79. The molecule has 186 valence electrons. The number of para-hydroxylation sites is 1. The van der Waals surface area contributed by atoms with Crippen LogP contribution in [0, 0.1) is 6.92 Å². The monoisotopic (exact) mass is 489 g/mol. The maximum Gasteiger partial charge on any atom is 0.291 e. The quantitative estimate of drug-likeness (QED) is 0.331. The summed E-state index contributed by atoms with van der Waals surface area (Å²) in [6, 6.07) is 19.5. The standard InChI is InChI=1S/C27H27N3O6/c1-17-23(15-28-25(31)18(2)34-21-7-5-4-6-8-21)30-27(35-17)19-9-11-20(12-10-19)29-26(32)24-14-13-22(36-24)16-33-3/h4-14,18H,15-16H2,1-3H3,(H,28,31)(H,29,32)/t18-/m0/s1. The fourth-order valence-corrected chi connectivity index (χ4v) is 3.40. The van der Waals surface area contributed by atoms with Crippen LogP contribution >= 0.6 is 0 Å². The maximum atomic E-state index is 12.4. The lowest BCUT2D eigenvalue weighted by Gasteiger charge is -2.14. The van der Waals surface area contributed by atoms with Crippen molar-refractivity contribution in [2.75, 3.05) is 12.4 Å². The van der Waals surface area contributed by atoms with Crippen LogP contribution in [0.25, 0.3) is 11.5 Å². The van der Waals surface area contributed by atoms with Crippen molar-refractivity contribution < 1.29 is 27.9 Å². The number of aryl methyl sites for hydroxylation is 1. The Morgan fingerprint density at radius 3 is 2.47 bits per heavy atom. The van der Waals surface area contributed by atoms with Crippen LogP contribution in [0.4, 0.5) is 5.69 Å². The van der Waals surface area contributed by atoms with Crippen molar-refractivity contribution in [3.05, 3.63) is 89.7 Å². The van der Waals surface area contributed by atoms with Gasteiger partial charge in [-0.3, -0.25) is 9.59 Å². The molecule has 0 aliphatic carbocycles. The highest BCUT2D eigenvalue weighted by Crippen LogP contribution is 2.24. The minimum atomic E-state index is -0.658. The van der Waals surface area contributed by atoms with Gasteiger partial charge in [0, 0.05) is 18.4 Å². The molecule has 9 nitrogen and oxygen atoms in total. The molecule has 2 N–H and O–H groups in total. The van der Waals surface area contributed by atoms with Crippen molar-refractivity contribution >= 4 is 17.5 Å². The van der Waals surface area contributed by atoms with Crippen LogP contribution < -0.4 is 15.4 Å². The molecule has 2 aromatic carbocycles. The molecule has 0 spiro atoms. The molecule has 0 saturated carbocycles. The second-order valence-electron chi connectivity index (χ2n) is 8.04. The number of anilines is 1. The third-order valence-corrected chi connectivity index (χ3v) is 5.31. The summed E-state index contributed by atoms with van der Waals surface area (Å²) in [6.45, 7) is 3.98. The first-order valence-electron chi connectivity index (χ1n) is 11.4. The summed E-state index contributed by atoms with van der Waals surface area (Å²) in [5, 5.41) is 5.62. The largest absolute Gasteiger partial charge is 0.481 e. The molecule has 4 rings (SSSR count). The summed E-state index contributed by atoms with van der Waals surface area (Å²) in [6.07, 6.45) is -0.658. The van der Waals surface area contributed by atoms with E-state index >= 15 is 0 Å². The minimum absolute atomic E-state index is 0.199. The van der Waals surface area contributed by atoms with E-state index in [0.29, 0.717) is 41.1 Å². The molecule has 0 aliphatic heterocycles. The number of methoxy groups -OCH3 is 1. The highest BCUT2D eigenvalue weighted by atomic mass is 16.5. The van der Waals surface area contributed by atoms with Crippen molar-refractivity contribution in [2.24, 2.45) is 0 Å². The first-order chi connectivity index (χ1) is 17.4. The number of hydrogen-bond acceptors (Lipinski definition) is 7. The zero-order chi connectivity index (χ0) is 25.5. The number of carbonyl (C=O) groups excluding carboxylic acids is 2. The summed E-state index contributed by atoms with van der Waals surface area (Å²) in [4.78, 5) is 29.3. The number of aromatic nitrogens is 1. The molecule has 0 fully saturated rings. The molecular formula is C27H27N3O6. The van der Waals surface area contributed by atoms with Crippen LogP contribution in [0.1, 0.15) is 34.7 Å². The number of ether oxygens (including phenoxy) is 2. The van der Waals surface area contributed by atoms with Gasteiger partial charge < -0.3 is 28.9 Å². The van der Waals surface area contributed by atoms with Crippen molar-refractivity contribution in [1.82, 2.24) is 10.3 Å². The number of nitrogens with one attached hydrogen (secondary N) is 2. The lowest BCUT2D eigenvalue weighted by atomic mass is 10.2. The first kappa shape index (κ1) is 24.7. The predicted octanol–water partition coefficient (Wildman–Crippen LogP) is 4.73. The molecule has 0 radical (unpaired) electrons. The minimum Gasteiger partial charge on any atom is -0.481 e. The van der Waals surface area contributed by atoms with Gasteiger partial charge in [0.25, 0.3) is 11.8 Å². The van der Waals surface area contributed by atoms with Gasteiger partial charge in [0.05, 0.1) is 6.54 Å². The van der Waals surface area contributed by atoms with E-state index in [1.54, 1.807) is 69.5 Å². The fourth-order valence-electron chi connectivity index (χ4n) is 3.40. The van der Waals surface area contributed by atoms with E-state index in [2.05, 4.69) is 15.6 Å². The second-order valence-corrected chi connectivity index (χ2v) is 8.04. The summed E-state index contributed by atoms with van der Waals surface area (Å²) < 4.78 is 21.9. The number of benzene rings is 2. The van der Waals surface area contributed by atoms with Gasteiger partial charge in [-0.2, -0.15) is 0 Å². The van der Waals surface area contributed by atoms with Crippen LogP contribution in [0.15, 0.2) is 75.6 Å². The Kier molecular flexibility index (Phi) is 7.82. The van der Waals surface area contributed by atoms with Gasteiger partial charge in [0.2, 0.25) is 5.89 Å². The van der Waals surface area contributed by atoms with Crippen LogP contribution in [0.5, 0.6) is 5.75 Å². The zero-order valence-electron chi connectivity index (χ0n) is 20.2. The van der Waals surface area contributed by atoms with Gasteiger partial charge in [-0.1, -0.05) is 18.2 Å². The van der Waals surface area contributed by atoms with E-state index in [-0.39, 0.29) is 24.1 Å². The molecule has 9 heteroatoms. The topological polar surface area (TPSA) is 116 Å². The van der Waals surface area contributed by atoms with E-state index in [1.165, 1.54) is 0 Å². The lowest BCUT2D eigenvalue weighted by Crippen LogP contribution is -2.36. The van der Waals surface area contributed by atoms with E-state index in [0.717, 1.165) is 5.56 Å². The molecule has 0 saturated heterocycles. The molecule has 36 heavy (non-hydrogen) atoms. The number of oxazole rings is 1. The highest BCUT2D eigenvalue weighted by molar-refractivity contribution is 6.02. The average molecular weight is 490 g/mol. The van der Waals surface area contributed by atoms with Crippen molar-refractivity contribution in [3.63, 3.8) is 0 Å². The number of nitrogens with zero attached hydrogens (tertiary/aromatic N) is 1. The molecule has 2 amide bonds. The SMILES string of the molecule is COCc1ccc(C(=O)Nc2ccc(-c3nc(CNC(=O)[C@H](C)Oc4ccccc4)c(C)o3)cc2)o1. The Morgan fingerprint density at radius 2 is 1.75 bits per heavy atom. The number of amides is 2. The molecule has 0 aliphatic rings. The van der Waals surface area contributed by atoms with Gasteiger partial charge >= 0.3 is 0 Å². The van der Waals surface area contributed by atoms with Crippen molar-refractivity contribution in [1.29, 1.82) is 0 Å².